The normalized spacial score (nSPS) is 10.6. The van der Waals surface area contributed by atoms with E-state index in [1.165, 1.54) is 0 Å². The van der Waals surface area contributed by atoms with E-state index in [4.69, 9.17) is 9.47 Å². The minimum absolute atomic E-state index is 0.0409. The Morgan fingerprint density at radius 1 is 0.871 bits per heavy atom. The number of nitriles is 1. The van der Waals surface area contributed by atoms with Crippen LogP contribution >= 0.6 is 0 Å². The first-order valence-electron chi connectivity index (χ1n) is 10.2. The number of nitrogens with zero attached hydrogens (tertiary/aromatic N) is 1. The zero-order valence-electron chi connectivity index (χ0n) is 17.4. The summed E-state index contributed by atoms with van der Waals surface area (Å²) in [7, 11) is 0. The molecule has 5 heteroatoms. The molecule has 0 saturated carbocycles. The van der Waals surface area contributed by atoms with Gasteiger partial charge in [-0.25, -0.2) is 0 Å². The molecule has 0 bridgehead atoms. The number of benzene rings is 3. The first kappa shape index (κ1) is 20.2. The molecule has 1 heterocycles. The van der Waals surface area contributed by atoms with Crippen LogP contribution in [0.1, 0.15) is 19.4 Å². The van der Waals surface area contributed by atoms with Gasteiger partial charge >= 0.3 is 0 Å². The van der Waals surface area contributed by atoms with Crippen LogP contribution in [0.15, 0.2) is 71.5 Å². The molecule has 0 aliphatic rings. The topological polar surface area (TPSA) is 75.1 Å². The van der Waals surface area contributed by atoms with Crippen LogP contribution in [0.25, 0.3) is 33.2 Å². The quantitative estimate of drug-likeness (QED) is 0.453. The Kier molecular flexibility index (Phi) is 5.72. The summed E-state index contributed by atoms with van der Waals surface area (Å²) in [6.45, 7) is 4.77. The number of hydrogen-bond acceptors (Lipinski definition) is 4. The molecule has 0 amide bonds. The number of aromatic amines is 1. The highest BCUT2D eigenvalue weighted by Gasteiger charge is 2.17. The maximum Gasteiger partial charge on any atom is 0.266 e. The molecule has 1 N–H and O–H groups in total. The number of hydrogen-bond donors (Lipinski definition) is 1. The number of H-pyrrole nitrogens is 1. The SMILES string of the molecule is CCOc1ccc(OCC)c(-c2cc(-c3ccc4ccccc4c3)[nH]c(=O)c2C#N)c1. The van der Waals surface area contributed by atoms with Crippen molar-refractivity contribution in [2.45, 2.75) is 13.8 Å². The molecule has 4 rings (SSSR count). The summed E-state index contributed by atoms with van der Waals surface area (Å²) in [5.74, 6) is 1.25. The van der Waals surface area contributed by atoms with Crippen molar-refractivity contribution in [3.05, 3.63) is 82.6 Å². The molecule has 0 fully saturated rings. The largest absolute Gasteiger partial charge is 0.494 e. The highest BCUT2D eigenvalue weighted by molar-refractivity contribution is 5.88. The van der Waals surface area contributed by atoms with E-state index in [1.54, 1.807) is 0 Å². The molecule has 0 radical (unpaired) electrons. The van der Waals surface area contributed by atoms with Gasteiger partial charge in [0.25, 0.3) is 5.56 Å². The minimum Gasteiger partial charge on any atom is -0.494 e. The van der Waals surface area contributed by atoms with Crippen molar-refractivity contribution < 1.29 is 9.47 Å². The van der Waals surface area contributed by atoms with Crippen molar-refractivity contribution in [2.24, 2.45) is 0 Å². The third-order valence-electron chi connectivity index (χ3n) is 5.06. The molecule has 5 nitrogen and oxygen atoms in total. The molecule has 0 atom stereocenters. The number of ether oxygens (including phenoxy) is 2. The number of fused-ring (bicyclic) bond motifs is 1. The Labute approximate surface area is 180 Å². The fourth-order valence-electron chi connectivity index (χ4n) is 3.65. The van der Waals surface area contributed by atoms with E-state index in [0.717, 1.165) is 16.3 Å². The van der Waals surface area contributed by atoms with Gasteiger partial charge < -0.3 is 14.5 Å². The predicted octanol–water partition coefficient (Wildman–Crippen LogP) is 5.53. The number of pyridine rings is 1. The fourth-order valence-corrected chi connectivity index (χ4v) is 3.65. The summed E-state index contributed by atoms with van der Waals surface area (Å²) in [5.41, 5.74) is 2.26. The molecular formula is C26H22N2O3. The first-order chi connectivity index (χ1) is 15.1. The van der Waals surface area contributed by atoms with E-state index in [2.05, 4.69) is 11.1 Å². The van der Waals surface area contributed by atoms with Crippen LogP contribution in [0.2, 0.25) is 0 Å². The molecule has 154 valence electrons. The van der Waals surface area contributed by atoms with Gasteiger partial charge in [-0.15, -0.1) is 0 Å². The second-order valence-corrected chi connectivity index (χ2v) is 7.00. The summed E-state index contributed by atoms with van der Waals surface area (Å²) in [5, 5.41) is 11.9. The lowest BCUT2D eigenvalue weighted by Crippen LogP contribution is -2.13. The Balaban J connectivity index is 1.94. The van der Waals surface area contributed by atoms with E-state index in [9.17, 15) is 10.1 Å². The first-order valence-corrected chi connectivity index (χ1v) is 10.2. The zero-order chi connectivity index (χ0) is 21.8. The Hall–Kier alpha value is -4.04. The van der Waals surface area contributed by atoms with E-state index >= 15 is 0 Å². The van der Waals surface area contributed by atoms with Crippen molar-refractivity contribution in [2.75, 3.05) is 13.2 Å². The second kappa shape index (κ2) is 8.76. The van der Waals surface area contributed by atoms with Gasteiger partial charge in [0.05, 0.1) is 13.2 Å². The standard InChI is InChI=1S/C26H22N2O3/c1-3-30-20-11-12-25(31-4-2)22(14-20)21-15-24(28-26(29)23(21)16-27)19-10-9-17-7-5-6-8-18(17)13-19/h5-15H,3-4H2,1-2H3,(H,28,29). The van der Waals surface area contributed by atoms with Crippen molar-refractivity contribution in [1.82, 2.24) is 4.98 Å². The van der Waals surface area contributed by atoms with Crippen LogP contribution in [0.3, 0.4) is 0 Å². The van der Waals surface area contributed by atoms with E-state index < -0.39 is 5.56 Å². The molecule has 0 aliphatic carbocycles. The Morgan fingerprint density at radius 3 is 2.39 bits per heavy atom. The highest BCUT2D eigenvalue weighted by Crippen LogP contribution is 2.36. The smallest absolute Gasteiger partial charge is 0.266 e. The minimum atomic E-state index is -0.438. The molecule has 1 aromatic heterocycles. The Morgan fingerprint density at radius 2 is 1.65 bits per heavy atom. The van der Waals surface area contributed by atoms with Gasteiger partial charge in [-0.05, 0) is 60.5 Å². The molecule has 4 aromatic rings. The van der Waals surface area contributed by atoms with E-state index in [0.29, 0.717) is 41.5 Å². The van der Waals surface area contributed by atoms with Crippen molar-refractivity contribution >= 4 is 10.8 Å². The number of aromatic nitrogens is 1. The van der Waals surface area contributed by atoms with Crippen molar-refractivity contribution in [3.8, 4) is 40.0 Å². The van der Waals surface area contributed by atoms with Crippen LogP contribution in [0.5, 0.6) is 11.5 Å². The van der Waals surface area contributed by atoms with Crippen molar-refractivity contribution in [3.63, 3.8) is 0 Å². The molecule has 0 spiro atoms. The summed E-state index contributed by atoms with van der Waals surface area (Å²) in [6, 6.07) is 23.4. The van der Waals surface area contributed by atoms with Gasteiger partial charge in [0.15, 0.2) is 0 Å². The van der Waals surface area contributed by atoms with Gasteiger partial charge in [-0.3, -0.25) is 4.79 Å². The maximum atomic E-state index is 12.8. The second-order valence-electron chi connectivity index (χ2n) is 7.00. The van der Waals surface area contributed by atoms with Gasteiger partial charge in [0.2, 0.25) is 0 Å². The third-order valence-corrected chi connectivity index (χ3v) is 5.06. The molecule has 0 saturated heterocycles. The monoisotopic (exact) mass is 410 g/mol. The molecule has 3 aromatic carbocycles. The lowest BCUT2D eigenvalue weighted by Gasteiger charge is -2.15. The Bertz CT molecular complexity index is 1350. The van der Waals surface area contributed by atoms with Crippen LogP contribution in [0.4, 0.5) is 0 Å². The molecule has 0 unspecified atom stereocenters. The van der Waals surface area contributed by atoms with Crippen LogP contribution in [-0.4, -0.2) is 18.2 Å². The zero-order valence-corrected chi connectivity index (χ0v) is 17.4. The predicted molar refractivity (Wildman–Crippen MR) is 122 cm³/mol. The average Bonchev–Trinajstić information content (AvgIpc) is 2.79. The van der Waals surface area contributed by atoms with Crippen molar-refractivity contribution in [1.29, 1.82) is 5.26 Å². The van der Waals surface area contributed by atoms with Gasteiger partial charge in [-0.2, -0.15) is 5.26 Å². The van der Waals surface area contributed by atoms with E-state index in [-0.39, 0.29) is 5.56 Å². The number of nitrogens with one attached hydrogen (secondary N) is 1. The lowest BCUT2D eigenvalue weighted by molar-refractivity contribution is 0.331. The summed E-state index contributed by atoms with van der Waals surface area (Å²) < 4.78 is 11.4. The average molecular weight is 410 g/mol. The van der Waals surface area contributed by atoms with Gasteiger partial charge in [-0.1, -0.05) is 36.4 Å². The molecule has 0 aliphatic heterocycles. The molecular weight excluding hydrogens is 388 g/mol. The van der Waals surface area contributed by atoms with Crippen LogP contribution < -0.4 is 15.0 Å². The summed E-state index contributed by atoms with van der Waals surface area (Å²) in [6.07, 6.45) is 0. The lowest BCUT2D eigenvalue weighted by atomic mass is 9.97. The maximum absolute atomic E-state index is 12.8. The number of rotatable bonds is 6. The summed E-state index contributed by atoms with van der Waals surface area (Å²) >= 11 is 0. The third kappa shape index (κ3) is 4.01. The van der Waals surface area contributed by atoms with Gasteiger partial charge in [0, 0.05) is 16.8 Å². The highest BCUT2D eigenvalue weighted by atomic mass is 16.5. The van der Waals surface area contributed by atoms with Crippen LogP contribution in [0, 0.1) is 11.3 Å². The summed E-state index contributed by atoms with van der Waals surface area (Å²) in [4.78, 5) is 15.7. The van der Waals surface area contributed by atoms with Gasteiger partial charge in [0.1, 0.15) is 23.1 Å². The fraction of sp³-hybridized carbons (Fsp3) is 0.154. The molecule has 31 heavy (non-hydrogen) atoms. The van der Waals surface area contributed by atoms with E-state index in [1.807, 2.05) is 80.6 Å². The van der Waals surface area contributed by atoms with Crippen LogP contribution in [-0.2, 0) is 0 Å².